The van der Waals surface area contributed by atoms with Gasteiger partial charge in [-0.3, -0.25) is 9.97 Å². The van der Waals surface area contributed by atoms with E-state index in [-0.39, 0.29) is 0 Å². The number of benzene rings is 10. The highest BCUT2D eigenvalue weighted by atomic mass is 32.1. The van der Waals surface area contributed by atoms with Crippen LogP contribution in [0.1, 0.15) is 0 Å². The molecule has 13 rings (SSSR count). The Balaban J connectivity index is 0.985. The largest absolute Gasteiger partial charge is 0.265 e. The maximum absolute atomic E-state index is 4.27. The Morgan fingerprint density at radius 2 is 0.579 bits per heavy atom. The third kappa shape index (κ3) is 4.46. The highest BCUT2D eigenvalue weighted by molar-refractivity contribution is 7.25. The molecule has 3 heterocycles. The number of thiophene rings is 1. The van der Waals surface area contributed by atoms with E-state index in [1.54, 1.807) is 0 Å². The first-order valence-electron chi connectivity index (χ1n) is 19.4. The molecule has 0 aliphatic rings. The molecule has 0 fully saturated rings. The average Bonchev–Trinajstić information content (AvgIpc) is 3.65. The second kappa shape index (κ2) is 11.7. The molecule has 0 aliphatic heterocycles. The standard InChI is InChI=1S/C54H30N2S/c1-11-39(31-21-25-55-26-22-31)43-15-5-35-3-13-41(45-17-7-33(1)51(43)53(35)45)37-9-19-49-47(29-37)48-30-38(10-20-50(48)57-49)42-14-4-36-6-16-44-40(32-23-27-56-28-24-32)12-2-34-8-18-46(42)54(36)52(34)44/h1-30H. The molecular formula is C54H30N2S. The van der Waals surface area contributed by atoms with Gasteiger partial charge in [0.1, 0.15) is 0 Å². The van der Waals surface area contributed by atoms with E-state index in [9.17, 15) is 0 Å². The van der Waals surface area contributed by atoms with Gasteiger partial charge in [0.2, 0.25) is 0 Å². The lowest BCUT2D eigenvalue weighted by molar-refractivity contribution is 1.33. The zero-order valence-corrected chi connectivity index (χ0v) is 31.4. The summed E-state index contributed by atoms with van der Waals surface area (Å²) < 4.78 is 2.62. The van der Waals surface area contributed by atoms with E-state index >= 15 is 0 Å². The predicted octanol–water partition coefficient (Wildman–Crippen LogP) is 15.3. The van der Waals surface area contributed by atoms with Crippen LogP contribution >= 0.6 is 11.3 Å². The molecule has 0 bridgehead atoms. The first kappa shape index (κ1) is 31.1. The van der Waals surface area contributed by atoms with Crippen LogP contribution in [0.5, 0.6) is 0 Å². The monoisotopic (exact) mass is 738 g/mol. The molecule has 57 heavy (non-hydrogen) atoms. The van der Waals surface area contributed by atoms with Gasteiger partial charge in [0.25, 0.3) is 0 Å². The Morgan fingerprint density at radius 1 is 0.263 bits per heavy atom. The fourth-order valence-electron chi connectivity index (χ4n) is 9.78. The van der Waals surface area contributed by atoms with Crippen molar-refractivity contribution >= 4 is 96.1 Å². The minimum absolute atomic E-state index is 1.19. The summed E-state index contributed by atoms with van der Waals surface area (Å²) in [5, 5.41) is 18.1. The summed E-state index contributed by atoms with van der Waals surface area (Å²) in [4.78, 5) is 8.55. The quantitative estimate of drug-likeness (QED) is 0.168. The number of aromatic nitrogens is 2. The van der Waals surface area contributed by atoms with Gasteiger partial charge in [-0.25, -0.2) is 0 Å². The third-order valence-corrected chi connectivity index (χ3v) is 13.6. The molecule has 262 valence electrons. The van der Waals surface area contributed by atoms with Crippen LogP contribution < -0.4 is 0 Å². The van der Waals surface area contributed by atoms with Crippen LogP contribution in [-0.2, 0) is 0 Å². The molecule has 3 heteroatoms. The summed E-state index contributed by atoms with van der Waals surface area (Å²) in [6.45, 7) is 0. The van der Waals surface area contributed by atoms with Crippen molar-refractivity contribution in [2.24, 2.45) is 0 Å². The molecule has 10 aromatic carbocycles. The third-order valence-electron chi connectivity index (χ3n) is 12.4. The van der Waals surface area contributed by atoms with Gasteiger partial charge in [-0.15, -0.1) is 11.3 Å². The summed E-state index contributed by atoms with van der Waals surface area (Å²) in [6.07, 6.45) is 7.52. The first-order chi connectivity index (χ1) is 28.2. The molecule has 0 N–H and O–H groups in total. The number of nitrogens with zero attached hydrogens (tertiary/aromatic N) is 2. The molecule has 0 unspecified atom stereocenters. The van der Waals surface area contributed by atoms with Crippen molar-refractivity contribution in [1.82, 2.24) is 9.97 Å². The van der Waals surface area contributed by atoms with Crippen molar-refractivity contribution < 1.29 is 0 Å². The summed E-state index contributed by atoms with van der Waals surface area (Å²) in [7, 11) is 0. The second-order valence-corrected chi connectivity index (χ2v) is 16.4. The van der Waals surface area contributed by atoms with Crippen LogP contribution in [0.25, 0.3) is 129 Å². The van der Waals surface area contributed by atoms with E-state index in [1.165, 1.54) is 129 Å². The van der Waals surface area contributed by atoms with Crippen molar-refractivity contribution in [2.75, 3.05) is 0 Å². The second-order valence-electron chi connectivity index (χ2n) is 15.3. The fourth-order valence-corrected chi connectivity index (χ4v) is 10.9. The number of pyridine rings is 2. The Kier molecular flexibility index (Phi) is 6.35. The van der Waals surface area contributed by atoms with Crippen molar-refractivity contribution in [3.63, 3.8) is 0 Å². The van der Waals surface area contributed by atoms with Crippen LogP contribution in [0.2, 0.25) is 0 Å². The number of hydrogen-bond acceptors (Lipinski definition) is 3. The number of fused-ring (bicyclic) bond motifs is 3. The van der Waals surface area contributed by atoms with Gasteiger partial charge in [0.15, 0.2) is 0 Å². The van der Waals surface area contributed by atoms with Crippen molar-refractivity contribution in [2.45, 2.75) is 0 Å². The molecule has 0 radical (unpaired) electrons. The minimum atomic E-state index is 1.19. The first-order valence-corrected chi connectivity index (χ1v) is 20.3. The van der Waals surface area contributed by atoms with Crippen molar-refractivity contribution in [3.05, 3.63) is 183 Å². The van der Waals surface area contributed by atoms with E-state index in [4.69, 9.17) is 0 Å². The molecule has 0 saturated carbocycles. The zero-order chi connectivity index (χ0) is 37.2. The van der Waals surface area contributed by atoms with Crippen molar-refractivity contribution in [3.8, 4) is 44.5 Å². The van der Waals surface area contributed by atoms with Crippen molar-refractivity contribution in [1.29, 1.82) is 0 Å². The number of rotatable bonds is 4. The van der Waals surface area contributed by atoms with Gasteiger partial charge in [-0.1, -0.05) is 109 Å². The van der Waals surface area contributed by atoms with Gasteiger partial charge in [-0.2, -0.15) is 0 Å². The fraction of sp³-hybridized carbons (Fsp3) is 0. The van der Waals surface area contributed by atoms with Gasteiger partial charge in [0.05, 0.1) is 0 Å². The summed E-state index contributed by atoms with van der Waals surface area (Å²) in [6, 6.07) is 59.2. The molecular weight excluding hydrogens is 709 g/mol. The van der Waals surface area contributed by atoms with Gasteiger partial charge >= 0.3 is 0 Å². The highest BCUT2D eigenvalue weighted by Gasteiger charge is 2.18. The Labute approximate surface area is 331 Å². The van der Waals surface area contributed by atoms with E-state index in [1.807, 2.05) is 36.1 Å². The summed E-state index contributed by atoms with van der Waals surface area (Å²) in [5.41, 5.74) is 9.88. The van der Waals surface area contributed by atoms with E-state index in [0.29, 0.717) is 0 Å². The maximum Gasteiger partial charge on any atom is 0.0355 e. The topological polar surface area (TPSA) is 25.8 Å². The average molecular weight is 739 g/mol. The van der Waals surface area contributed by atoms with Gasteiger partial charge < -0.3 is 0 Å². The summed E-state index contributed by atoms with van der Waals surface area (Å²) in [5.74, 6) is 0. The molecule has 0 amide bonds. The molecule has 13 aromatic rings. The Bertz CT molecular complexity index is 3490. The van der Waals surface area contributed by atoms with Gasteiger partial charge in [-0.05, 0) is 158 Å². The highest BCUT2D eigenvalue weighted by Crippen LogP contribution is 2.46. The van der Waals surface area contributed by atoms with Gasteiger partial charge in [0, 0.05) is 45.0 Å². The van der Waals surface area contributed by atoms with Crippen LogP contribution in [0.4, 0.5) is 0 Å². The van der Waals surface area contributed by atoms with Crippen LogP contribution in [0.3, 0.4) is 0 Å². The molecule has 0 spiro atoms. The molecule has 2 nitrogen and oxygen atoms in total. The predicted molar refractivity (Wildman–Crippen MR) is 244 cm³/mol. The van der Waals surface area contributed by atoms with Crippen LogP contribution in [-0.4, -0.2) is 9.97 Å². The smallest absolute Gasteiger partial charge is 0.0355 e. The molecule has 3 aromatic heterocycles. The van der Waals surface area contributed by atoms with E-state index in [2.05, 4.69) is 168 Å². The Morgan fingerprint density at radius 3 is 0.930 bits per heavy atom. The molecule has 0 aliphatic carbocycles. The lowest BCUT2D eigenvalue weighted by atomic mass is 9.87. The maximum atomic E-state index is 4.27. The SMILES string of the molecule is c1cc(-c2ccc3ccc4c(-c5ccc6sc7ccc(-c8ccc9ccc%10c(-c%11ccncc%11)ccc%11ccc8c9c%11%10)cc7c6c5)ccc5ccc2c3c54)ccn1. The lowest BCUT2D eigenvalue weighted by Gasteiger charge is -2.17. The normalized spacial score (nSPS) is 12.2. The van der Waals surface area contributed by atoms with E-state index < -0.39 is 0 Å². The van der Waals surface area contributed by atoms with Crippen LogP contribution in [0.15, 0.2) is 183 Å². The minimum Gasteiger partial charge on any atom is -0.265 e. The summed E-state index contributed by atoms with van der Waals surface area (Å²) >= 11 is 1.88. The Hall–Kier alpha value is -7.20. The number of hydrogen-bond donors (Lipinski definition) is 0. The zero-order valence-electron chi connectivity index (χ0n) is 30.6. The lowest BCUT2D eigenvalue weighted by Crippen LogP contribution is -1.89. The molecule has 0 atom stereocenters. The van der Waals surface area contributed by atoms with Crippen LogP contribution in [0, 0.1) is 0 Å². The molecule has 0 saturated heterocycles. The van der Waals surface area contributed by atoms with E-state index in [0.717, 1.165) is 0 Å².